The Morgan fingerprint density at radius 3 is 2.32 bits per heavy atom. The van der Waals surface area contributed by atoms with E-state index in [9.17, 15) is 13.5 Å². The van der Waals surface area contributed by atoms with Crippen molar-refractivity contribution in [2.45, 2.75) is 17.4 Å². The number of ether oxygens (including phenoxy) is 3. The average molecular weight is 601 g/mol. The van der Waals surface area contributed by atoms with Gasteiger partial charge in [-0.2, -0.15) is 5.10 Å². The maximum absolute atomic E-state index is 13.3. The summed E-state index contributed by atoms with van der Waals surface area (Å²) >= 11 is 6.08. The Balaban J connectivity index is 1.47. The normalized spacial score (nSPS) is 17.4. The minimum atomic E-state index is -4.04. The smallest absolute Gasteiger partial charge is 0.264 e. The van der Waals surface area contributed by atoms with Crippen LogP contribution < -0.4 is 9.46 Å². The molecule has 1 heterocycles. The van der Waals surface area contributed by atoms with Gasteiger partial charge in [0, 0.05) is 24.2 Å². The van der Waals surface area contributed by atoms with Gasteiger partial charge in [0.25, 0.3) is 10.0 Å². The maximum Gasteiger partial charge on any atom is 0.264 e. The van der Waals surface area contributed by atoms with E-state index in [0.717, 1.165) is 0 Å². The third kappa shape index (κ3) is 7.63. The second-order valence-corrected chi connectivity index (χ2v) is 11.1. The van der Waals surface area contributed by atoms with Crippen molar-refractivity contribution in [3.8, 4) is 5.75 Å². The van der Waals surface area contributed by atoms with Gasteiger partial charge in [-0.05, 0) is 48.9 Å². The molecule has 2 N–H and O–H groups in total. The van der Waals surface area contributed by atoms with Crippen molar-refractivity contribution in [1.29, 1.82) is 0 Å². The van der Waals surface area contributed by atoms with Crippen molar-refractivity contribution in [1.82, 2.24) is 9.73 Å². The molecule has 1 aliphatic rings. The number of hydrogen-bond acceptors (Lipinski definition) is 8. The summed E-state index contributed by atoms with van der Waals surface area (Å²) in [6.45, 7) is 4.20. The van der Waals surface area contributed by atoms with Crippen molar-refractivity contribution in [3.63, 3.8) is 0 Å². The number of aliphatic hydroxyl groups is 1. The van der Waals surface area contributed by atoms with Crippen molar-refractivity contribution in [2.24, 2.45) is 10.1 Å². The summed E-state index contributed by atoms with van der Waals surface area (Å²) in [5.74, 6) is 0.458. The molecule has 4 rings (SSSR count). The number of nitrogens with zero attached hydrogens (tertiary/aromatic N) is 3. The van der Waals surface area contributed by atoms with E-state index in [1.54, 1.807) is 48.5 Å². The third-order valence-electron chi connectivity index (χ3n) is 6.25. The molecule has 1 aliphatic heterocycles. The zero-order valence-corrected chi connectivity index (χ0v) is 24.4. The number of β-amino-alcohol motifs (C(OH)–C–C–N with tert-alkyl or cyclic N) is 1. The van der Waals surface area contributed by atoms with Gasteiger partial charge in [0.15, 0.2) is 5.60 Å². The minimum absolute atomic E-state index is 0.0124. The van der Waals surface area contributed by atoms with Crippen molar-refractivity contribution in [2.75, 3.05) is 46.6 Å². The molecule has 0 amide bonds. The molecule has 0 bridgehead atoms. The molecule has 0 radical (unpaired) electrons. The molecule has 218 valence electrons. The molecule has 0 fully saturated rings. The fraction of sp³-hybridized carbons (Fsp3) is 0.310. The first-order chi connectivity index (χ1) is 19.8. The van der Waals surface area contributed by atoms with Gasteiger partial charge in [0.2, 0.25) is 5.96 Å². The van der Waals surface area contributed by atoms with Crippen LogP contribution in [-0.4, -0.2) is 76.8 Å². The fourth-order valence-corrected chi connectivity index (χ4v) is 5.36. The summed E-state index contributed by atoms with van der Waals surface area (Å²) in [5, 5.41) is 18.4. The first-order valence-electron chi connectivity index (χ1n) is 13.1. The number of benzene rings is 3. The molecular weight excluding hydrogens is 568 g/mol. The number of aliphatic imine (C=N–C) groups is 1. The first-order valence-corrected chi connectivity index (χ1v) is 14.9. The lowest BCUT2D eigenvalue weighted by molar-refractivity contribution is 0.0405. The molecule has 1 atom stereocenters. The number of hydrogen-bond donors (Lipinski definition) is 2. The molecular formula is C29H33ClN4O6S. The Morgan fingerprint density at radius 2 is 1.66 bits per heavy atom. The Morgan fingerprint density at radius 1 is 1.00 bits per heavy atom. The predicted octanol–water partition coefficient (Wildman–Crippen LogP) is 3.64. The second-order valence-electron chi connectivity index (χ2n) is 9.02. The van der Waals surface area contributed by atoms with E-state index in [2.05, 4.69) is 14.8 Å². The standard InChI is InChI=1S/C29H33ClN4O6S/c1-3-38-17-18-39-19-20-40-25-13-15-26(16-14-25)41(36,37)33-28(31-2)34-21-29(35,23-7-5-4-6-8-23)27(32-34)22-9-11-24(30)12-10-22/h4-16,35H,3,17-21H2,1-2H3,(H,31,33). The van der Waals surface area contributed by atoms with Crippen molar-refractivity contribution >= 4 is 33.3 Å². The van der Waals surface area contributed by atoms with Gasteiger partial charge in [-0.3, -0.25) is 4.99 Å². The molecule has 0 spiro atoms. The zero-order valence-electron chi connectivity index (χ0n) is 22.9. The molecule has 12 heteroatoms. The SMILES string of the molecule is CCOCCOCCOc1ccc(S(=O)(=O)NC(=NC)N2CC(O)(c3ccccc3)C(c3ccc(Cl)cc3)=N2)cc1. The van der Waals surface area contributed by atoms with E-state index in [-0.39, 0.29) is 17.4 Å². The van der Waals surface area contributed by atoms with Crippen LogP contribution in [0.4, 0.5) is 0 Å². The molecule has 1 unspecified atom stereocenters. The monoisotopic (exact) mass is 600 g/mol. The third-order valence-corrected chi connectivity index (χ3v) is 7.84. The largest absolute Gasteiger partial charge is 0.491 e. The van der Waals surface area contributed by atoms with Gasteiger partial charge < -0.3 is 19.3 Å². The summed E-state index contributed by atoms with van der Waals surface area (Å²) in [4.78, 5) is 4.15. The molecule has 41 heavy (non-hydrogen) atoms. The number of rotatable bonds is 12. The van der Waals surface area contributed by atoms with E-state index in [4.69, 9.17) is 25.8 Å². The van der Waals surface area contributed by atoms with Crippen LogP contribution in [0.1, 0.15) is 18.1 Å². The number of guanidine groups is 1. The quantitative estimate of drug-likeness (QED) is 0.185. The van der Waals surface area contributed by atoms with Gasteiger partial charge in [0.05, 0.1) is 31.3 Å². The Labute approximate surface area is 245 Å². The van der Waals surface area contributed by atoms with Crippen LogP contribution in [0.25, 0.3) is 0 Å². The van der Waals surface area contributed by atoms with Crippen LogP contribution in [0.5, 0.6) is 5.75 Å². The number of halogens is 1. The lowest BCUT2D eigenvalue weighted by Crippen LogP contribution is -2.45. The van der Waals surface area contributed by atoms with Gasteiger partial charge in [-0.25, -0.2) is 18.1 Å². The minimum Gasteiger partial charge on any atom is -0.491 e. The lowest BCUT2D eigenvalue weighted by atomic mass is 9.86. The molecule has 0 saturated heterocycles. The molecule has 10 nitrogen and oxygen atoms in total. The molecule has 0 saturated carbocycles. The second kappa shape index (κ2) is 13.9. The predicted molar refractivity (Wildman–Crippen MR) is 158 cm³/mol. The van der Waals surface area contributed by atoms with Crippen molar-refractivity contribution in [3.05, 3.63) is 95.0 Å². The van der Waals surface area contributed by atoms with E-state index in [1.165, 1.54) is 24.2 Å². The van der Waals surface area contributed by atoms with Gasteiger partial charge in [0.1, 0.15) is 18.1 Å². The fourth-order valence-electron chi connectivity index (χ4n) is 4.19. The zero-order chi connectivity index (χ0) is 29.3. The molecule has 0 aliphatic carbocycles. The lowest BCUT2D eigenvalue weighted by Gasteiger charge is -2.26. The van der Waals surface area contributed by atoms with E-state index < -0.39 is 15.6 Å². The summed E-state index contributed by atoms with van der Waals surface area (Å²) < 4.78 is 45.3. The molecule has 3 aromatic carbocycles. The van der Waals surface area contributed by atoms with Gasteiger partial charge in [-0.15, -0.1) is 0 Å². The van der Waals surface area contributed by atoms with Gasteiger partial charge in [-0.1, -0.05) is 54.1 Å². The Bertz CT molecular complexity index is 1450. The summed E-state index contributed by atoms with van der Waals surface area (Å²) in [6.07, 6.45) is 0. The van der Waals surface area contributed by atoms with E-state index >= 15 is 0 Å². The highest BCUT2D eigenvalue weighted by molar-refractivity contribution is 7.90. The van der Waals surface area contributed by atoms with Gasteiger partial charge >= 0.3 is 0 Å². The highest BCUT2D eigenvalue weighted by Crippen LogP contribution is 2.33. The molecule has 0 aromatic heterocycles. The van der Waals surface area contributed by atoms with Crippen LogP contribution in [0.2, 0.25) is 5.02 Å². The highest BCUT2D eigenvalue weighted by Gasteiger charge is 2.45. The van der Waals surface area contributed by atoms with Crippen LogP contribution in [0, 0.1) is 0 Å². The van der Waals surface area contributed by atoms with Crippen LogP contribution >= 0.6 is 11.6 Å². The van der Waals surface area contributed by atoms with Crippen LogP contribution in [0.3, 0.4) is 0 Å². The maximum atomic E-state index is 13.3. The van der Waals surface area contributed by atoms with Crippen LogP contribution in [0.15, 0.2) is 93.9 Å². The van der Waals surface area contributed by atoms with Crippen molar-refractivity contribution < 1.29 is 27.7 Å². The molecule has 3 aromatic rings. The Hall–Kier alpha value is -3.48. The topological polar surface area (TPSA) is 122 Å². The van der Waals surface area contributed by atoms with E-state index in [1.807, 2.05) is 25.1 Å². The van der Waals surface area contributed by atoms with E-state index in [0.29, 0.717) is 60.6 Å². The highest BCUT2D eigenvalue weighted by atomic mass is 35.5. The summed E-state index contributed by atoms with van der Waals surface area (Å²) in [7, 11) is -2.59. The Kier molecular flexibility index (Phi) is 10.4. The summed E-state index contributed by atoms with van der Waals surface area (Å²) in [6, 6.07) is 22.0. The average Bonchev–Trinajstić information content (AvgIpc) is 3.35. The number of nitrogens with one attached hydrogen (secondary N) is 1. The summed E-state index contributed by atoms with van der Waals surface area (Å²) in [5.41, 5.74) is 0.0353. The number of sulfonamides is 1. The number of hydrazone groups is 1. The first kappa shape index (κ1) is 30.5. The van der Waals surface area contributed by atoms with Crippen LogP contribution in [-0.2, 0) is 25.1 Å².